The molecule has 0 saturated carbocycles. The van der Waals surface area contributed by atoms with Gasteiger partial charge >= 0.3 is 5.69 Å². The Hall–Kier alpha value is -4.02. The van der Waals surface area contributed by atoms with Gasteiger partial charge in [0.1, 0.15) is 5.58 Å². The highest BCUT2D eigenvalue weighted by molar-refractivity contribution is 9.10. The molecular weight excluding hydrogens is 588 g/mol. The molecule has 0 aliphatic rings. The first-order valence-corrected chi connectivity index (χ1v) is 13.0. The summed E-state index contributed by atoms with van der Waals surface area (Å²) in [5.74, 6) is 0.504. The second-order valence-corrected chi connectivity index (χ2v) is 11.4. The minimum atomic E-state index is -0.519. The predicted octanol–water partition coefficient (Wildman–Crippen LogP) is 7.44. The third kappa shape index (κ3) is 5.57. The highest BCUT2D eigenvalue weighted by Crippen LogP contribution is 2.35. The molecule has 0 fully saturated rings. The molecule has 0 N–H and O–H groups in total. The summed E-state index contributed by atoms with van der Waals surface area (Å²) < 4.78 is 13.5. The van der Waals surface area contributed by atoms with Crippen molar-refractivity contribution >= 4 is 61.3 Å². The summed E-state index contributed by atoms with van der Waals surface area (Å²) in [6.45, 7) is 6.09. The van der Waals surface area contributed by atoms with Gasteiger partial charge in [-0.1, -0.05) is 60.4 Å². The lowest BCUT2D eigenvalue weighted by Crippen LogP contribution is -2.20. The third-order valence-electron chi connectivity index (χ3n) is 5.67. The lowest BCUT2D eigenvalue weighted by molar-refractivity contribution is -0.386. The molecule has 11 heteroatoms. The maximum absolute atomic E-state index is 13.6. The fourth-order valence-corrected chi connectivity index (χ4v) is 4.56. The molecule has 39 heavy (non-hydrogen) atoms. The SMILES string of the molecule is CC(C)(C)COc1c(C=Nn2c(-c3cc4cc(Cl)ccc4o3)nc3ccccc3c2=O)cc(Br)cc1[N+](=O)[O-]. The van der Waals surface area contributed by atoms with Crippen LogP contribution >= 0.6 is 27.5 Å². The van der Waals surface area contributed by atoms with E-state index in [1.807, 2.05) is 20.8 Å². The number of para-hydroxylation sites is 1. The second-order valence-electron chi connectivity index (χ2n) is 10.1. The van der Waals surface area contributed by atoms with Gasteiger partial charge in [-0.15, -0.1) is 0 Å². The Bertz CT molecular complexity index is 1840. The number of fused-ring (bicyclic) bond motifs is 2. The van der Waals surface area contributed by atoms with Crippen LogP contribution in [0.2, 0.25) is 5.02 Å². The monoisotopic (exact) mass is 608 g/mol. The van der Waals surface area contributed by atoms with E-state index in [2.05, 4.69) is 26.0 Å². The van der Waals surface area contributed by atoms with Crippen molar-refractivity contribution < 1.29 is 14.1 Å². The number of furan rings is 1. The van der Waals surface area contributed by atoms with Gasteiger partial charge in [-0.3, -0.25) is 14.9 Å². The van der Waals surface area contributed by atoms with Gasteiger partial charge in [-0.2, -0.15) is 9.78 Å². The van der Waals surface area contributed by atoms with Crippen LogP contribution in [0.5, 0.6) is 5.75 Å². The number of nitro groups is 1. The molecule has 0 radical (unpaired) electrons. The zero-order valence-electron chi connectivity index (χ0n) is 21.1. The van der Waals surface area contributed by atoms with Crippen molar-refractivity contribution in [2.24, 2.45) is 10.5 Å². The molecule has 0 atom stereocenters. The third-order valence-corrected chi connectivity index (χ3v) is 6.37. The number of hydrogen-bond donors (Lipinski definition) is 0. The van der Waals surface area contributed by atoms with E-state index in [0.29, 0.717) is 37.3 Å². The lowest BCUT2D eigenvalue weighted by Gasteiger charge is -2.19. The van der Waals surface area contributed by atoms with Crippen molar-refractivity contribution in [3.63, 3.8) is 0 Å². The number of aromatic nitrogens is 2. The maximum Gasteiger partial charge on any atom is 0.312 e. The summed E-state index contributed by atoms with van der Waals surface area (Å²) in [6.07, 6.45) is 1.34. The molecule has 3 aromatic carbocycles. The Kier molecular flexibility index (Phi) is 7.00. The Balaban J connectivity index is 1.71. The van der Waals surface area contributed by atoms with Crippen LogP contribution in [0, 0.1) is 15.5 Å². The molecule has 0 unspecified atom stereocenters. The van der Waals surface area contributed by atoms with Gasteiger partial charge in [0.05, 0.1) is 28.6 Å². The normalized spacial score (nSPS) is 12.0. The highest BCUT2D eigenvalue weighted by Gasteiger charge is 2.23. The summed E-state index contributed by atoms with van der Waals surface area (Å²) in [6, 6.07) is 16.8. The van der Waals surface area contributed by atoms with Gasteiger partial charge in [-0.25, -0.2) is 4.98 Å². The molecule has 2 aromatic heterocycles. The first-order valence-electron chi connectivity index (χ1n) is 11.9. The van der Waals surface area contributed by atoms with Gasteiger partial charge < -0.3 is 9.15 Å². The average molecular weight is 610 g/mol. The van der Waals surface area contributed by atoms with Crippen LogP contribution in [0.1, 0.15) is 26.3 Å². The van der Waals surface area contributed by atoms with Crippen molar-refractivity contribution in [2.45, 2.75) is 20.8 Å². The zero-order valence-corrected chi connectivity index (χ0v) is 23.5. The largest absolute Gasteiger partial charge is 0.486 e. The van der Waals surface area contributed by atoms with Gasteiger partial charge in [-0.05, 0) is 47.9 Å². The number of nitrogens with zero attached hydrogens (tertiary/aromatic N) is 4. The number of rotatable bonds is 6. The number of benzene rings is 3. The van der Waals surface area contributed by atoms with E-state index in [1.54, 1.807) is 54.6 Å². The van der Waals surface area contributed by atoms with E-state index in [-0.39, 0.29) is 29.3 Å². The molecule has 0 bridgehead atoms. The number of halogens is 2. The summed E-state index contributed by atoms with van der Waals surface area (Å²) >= 11 is 9.47. The number of nitro benzene ring substituents is 1. The van der Waals surface area contributed by atoms with E-state index < -0.39 is 10.5 Å². The summed E-state index contributed by atoms with van der Waals surface area (Å²) in [5.41, 5.74) is 0.414. The Morgan fingerprint density at radius 2 is 1.95 bits per heavy atom. The standard InChI is InChI=1S/C28H22BrClN4O5/c1-28(2,3)15-38-25-17(10-18(29)13-22(25)34(36)37)14-31-33-26(32-21-7-5-4-6-20(21)27(33)35)24-12-16-11-19(30)8-9-23(16)39-24/h4-14H,15H2,1-3H3. The number of ether oxygens (including phenoxy) is 1. The van der Waals surface area contributed by atoms with Crippen molar-refractivity contribution in [1.82, 2.24) is 9.66 Å². The Labute approximate surface area is 236 Å². The van der Waals surface area contributed by atoms with Crippen molar-refractivity contribution in [1.29, 1.82) is 0 Å². The predicted molar refractivity (Wildman–Crippen MR) is 155 cm³/mol. The molecule has 0 saturated heterocycles. The molecule has 0 spiro atoms. The van der Waals surface area contributed by atoms with Gasteiger partial charge in [0, 0.05) is 26.5 Å². The molecule has 198 valence electrons. The quantitative estimate of drug-likeness (QED) is 0.112. The van der Waals surface area contributed by atoms with E-state index in [1.165, 1.54) is 12.3 Å². The smallest absolute Gasteiger partial charge is 0.312 e. The summed E-state index contributed by atoms with van der Waals surface area (Å²) in [7, 11) is 0. The Morgan fingerprint density at radius 3 is 2.69 bits per heavy atom. The van der Waals surface area contributed by atoms with Crippen molar-refractivity contribution in [3.05, 3.63) is 96.2 Å². The first-order chi connectivity index (χ1) is 18.5. The van der Waals surface area contributed by atoms with Crippen LogP contribution < -0.4 is 10.3 Å². The maximum atomic E-state index is 13.6. The zero-order chi connectivity index (χ0) is 27.9. The summed E-state index contributed by atoms with van der Waals surface area (Å²) in [5, 5.41) is 17.9. The van der Waals surface area contributed by atoms with Crippen LogP contribution in [-0.4, -0.2) is 27.4 Å². The van der Waals surface area contributed by atoms with E-state index in [0.717, 1.165) is 10.1 Å². The number of hydrogen-bond acceptors (Lipinski definition) is 7. The van der Waals surface area contributed by atoms with Gasteiger partial charge in [0.15, 0.2) is 5.76 Å². The molecular formula is C28H22BrClN4O5. The molecule has 0 aliphatic carbocycles. The van der Waals surface area contributed by atoms with Crippen LogP contribution in [0.3, 0.4) is 0 Å². The molecule has 5 aromatic rings. The van der Waals surface area contributed by atoms with Crippen LogP contribution in [0.4, 0.5) is 5.69 Å². The van der Waals surface area contributed by atoms with Crippen LogP contribution in [-0.2, 0) is 0 Å². The van der Waals surface area contributed by atoms with Gasteiger partial charge in [0.2, 0.25) is 11.6 Å². The molecule has 9 nitrogen and oxygen atoms in total. The highest BCUT2D eigenvalue weighted by atomic mass is 79.9. The average Bonchev–Trinajstić information content (AvgIpc) is 3.29. The fraction of sp³-hybridized carbons (Fsp3) is 0.179. The van der Waals surface area contributed by atoms with Crippen molar-refractivity contribution in [3.8, 4) is 17.3 Å². The van der Waals surface area contributed by atoms with Crippen molar-refractivity contribution in [2.75, 3.05) is 6.61 Å². The molecule has 0 aliphatic heterocycles. The molecule has 2 heterocycles. The lowest BCUT2D eigenvalue weighted by atomic mass is 9.98. The molecule has 5 rings (SSSR count). The second kappa shape index (κ2) is 10.3. The first kappa shape index (κ1) is 26.6. The fourth-order valence-electron chi connectivity index (χ4n) is 3.91. The van der Waals surface area contributed by atoms with E-state index in [4.69, 9.17) is 20.8 Å². The van der Waals surface area contributed by atoms with E-state index >= 15 is 0 Å². The molecule has 0 amide bonds. The minimum Gasteiger partial charge on any atom is -0.486 e. The van der Waals surface area contributed by atoms with Crippen LogP contribution in [0.25, 0.3) is 33.5 Å². The summed E-state index contributed by atoms with van der Waals surface area (Å²) in [4.78, 5) is 29.6. The Morgan fingerprint density at radius 1 is 1.18 bits per heavy atom. The topological polar surface area (TPSA) is 113 Å². The minimum absolute atomic E-state index is 0.0450. The van der Waals surface area contributed by atoms with Gasteiger partial charge in [0.25, 0.3) is 5.56 Å². The van der Waals surface area contributed by atoms with Crippen LogP contribution in [0.15, 0.2) is 79.4 Å². The van der Waals surface area contributed by atoms with E-state index in [9.17, 15) is 14.9 Å².